The molecular weight excluding hydrogens is 337 g/mol. The Kier molecular flexibility index (Phi) is 7.83. The van der Waals surface area contributed by atoms with Crippen LogP contribution in [-0.2, 0) is 31.4 Å². The topological polar surface area (TPSA) is 91.4 Å². The molecule has 2 rings (SSSR count). The minimum atomic E-state index is -3.57. The molecule has 0 radical (unpaired) electrons. The van der Waals surface area contributed by atoms with E-state index in [4.69, 9.17) is 12.9 Å². The van der Waals surface area contributed by atoms with E-state index in [1.807, 2.05) is 0 Å². The molecule has 0 aliphatic carbocycles. The average Bonchev–Trinajstić information content (AvgIpc) is 3.13. The summed E-state index contributed by atoms with van der Waals surface area (Å²) in [6.07, 6.45) is 1.94. The quantitative estimate of drug-likeness (QED) is 0.491. The molecule has 2 saturated heterocycles. The zero-order valence-electron chi connectivity index (χ0n) is 12.9. The highest BCUT2D eigenvalue weighted by Crippen LogP contribution is 2.82. The average molecular weight is 362 g/mol. The third-order valence-corrected chi connectivity index (χ3v) is 11.4. The van der Waals surface area contributed by atoms with Crippen LogP contribution >= 0.6 is 22.8 Å². The highest BCUT2D eigenvalue weighted by molar-refractivity contribution is 7.80. The van der Waals surface area contributed by atoms with E-state index < -0.39 is 22.8 Å². The van der Waals surface area contributed by atoms with Crippen molar-refractivity contribution in [3.63, 3.8) is 0 Å². The third-order valence-electron chi connectivity index (χ3n) is 2.44. The van der Waals surface area contributed by atoms with E-state index in [1.165, 1.54) is 0 Å². The maximum atomic E-state index is 12.3. The van der Waals surface area contributed by atoms with Crippen LogP contribution in [0.4, 0.5) is 0 Å². The summed E-state index contributed by atoms with van der Waals surface area (Å²) in [6.45, 7) is 7.41. The van der Waals surface area contributed by atoms with Gasteiger partial charge in [-0.15, -0.1) is 0 Å². The molecule has 126 valence electrons. The first-order valence-electron chi connectivity index (χ1n) is 7.29. The summed E-state index contributed by atoms with van der Waals surface area (Å²) < 4.78 is 56.8. The van der Waals surface area contributed by atoms with Crippen LogP contribution in [0.15, 0.2) is 0 Å². The lowest BCUT2D eigenvalue weighted by Gasteiger charge is -2.33. The zero-order valence-corrected chi connectivity index (χ0v) is 15.5. The second kappa shape index (κ2) is 8.40. The van der Waals surface area contributed by atoms with Gasteiger partial charge in [-0.1, -0.05) is 20.8 Å². The SMILES string of the molecule is C1CO1.CCCP1(=O)OP(=O)(CCC)OP(=O)(CCC)O1. The predicted molar refractivity (Wildman–Crippen MR) is 82.4 cm³/mol. The van der Waals surface area contributed by atoms with E-state index in [1.54, 1.807) is 20.8 Å². The fraction of sp³-hybridized carbons (Fsp3) is 1.00. The van der Waals surface area contributed by atoms with Gasteiger partial charge in [0.25, 0.3) is 0 Å². The van der Waals surface area contributed by atoms with Crippen LogP contribution in [0.5, 0.6) is 0 Å². The molecule has 0 aromatic rings. The summed E-state index contributed by atoms with van der Waals surface area (Å²) in [5.41, 5.74) is 0. The molecule has 7 nitrogen and oxygen atoms in total. The number of ether oxygens (including phenoxy) is 1. The first kappa shape index (κ1) is 19.6. The Bertz CT molecular complexity index is 380. The van der Waals surface area contributed by atoms with Gasteiger partial charge in [0.05, 0.1) is 31.7 Å². The Labute approximate surface area is 126 Å². The number of hydrogen-bond donors (Lipinski definition) is 0. The van der Waals surface area contributed by atoms with Crippen LogP contribution in [0, 0.1) is 0 Å². The van der Waals surface area contributed by atoms with Crippen molar-refractivity contribution in [1.29, 1.82) is 0 Å². The number of rotatable bonds is 6. The van der Waals surface area contributed by atoms with Crippen molar-refractivity contribution in [3.8, 4) is 0 Å². The molecule has 0 saturated carbocycles. The van der Waals surface area contributed by atoms with Crippen molar-refractivity contribution in [2.24, 2.45) is 0 Å². The van der Waals surface area contributed by atoms with Gasteiger partial charge < -0.3 is 4.74 Å². The molecule has 0 aromatic heterocycles. The van der Waals surface area contributed by atoms with Crippen LogP contribution in [0.1, 0.15) is 40.0 Å². The predicted octanol–water partition coefficient (Wildman–Crippen LogP) is 4.88. The van der Waals surface area contributed by atoms with Crippen LogP contribution in [0.2, 0.25) is 0 Å². The maximum Gasteiger partial charge on any atom is 0.345 e. The van der Waals surface area contributed by atoms with Crippen molar-refractivity contribution in [2.75, 3.05) is 31.7 Å². The lowest BCUT2D eigenvalue weighted by molar-refractivity contribution is 0.276. The van der Waals surface area contributed by atoms with Gasteiger partial charge in [0.1, 0.15) is 0 Å². The highest BCUT2D eigenvalue weighted by atomic mass is 31.3. The van der Waals surface area contributed by atoms with Crippen molar-refractivity contribution in [2.45, 2.75) is 40.0 Å². The number of hydrogen-bond acceptors (Lipinski definition) is 7. The summed E-state index contributed by atoms with van der Waals surface area (Å²) in [4.78, 5) is 0. The summed E-state index contributed by atoms with van der Waals surface area (Å²) in [5, 5.41) is 0. The summed E-state index contributed by atoms with van der Waals surface area (Å²) in [7, 11) is -10.7. The standard InChI is InChI=1S/C9H21O6P3.C2H4O/c1-4-7-16(10)13-17(11,8-5-2)15-18(12,14-16)9-6-3;1-2-3-1/h4-9H2,1-3H3;1-2H2. The Morgan fingerprint density at radius 1 is 0.667 bits per heavy atom. The molecule has 0 atom stereocenters. The summed E-state index contributed by atoms with van der Waals surface area (Å²) >= 11 is 0. The second-order valence-electron chi connectivity index (χ2n) is 4.86. The lowest BCUT2D eigenvalue weighted by atomic mass is 10.6. The first-order chi connectivity index (χ1) is 9.80. The Morgan fingerprint density at radius 2 is 0.905 bits per heavy atom. The lowest BCUT2D eigenvalue weighted by Crippen LogP contribution is -2.10. The number of epoxide rings is 1. The van der Waals surface area contributed by atoms with E-state index >= 15 is 0 Å². The van der Waals surface area contributed by atoms with Gasteiger partial charge in [-0.25, -0.2) is 12.9 Å². The van der Waals surface area contributed by atoms with Gasteiger partial charge in [-0.05, 0) is 19.3 Å². The van der Waals surface area contributed by atoms with Gasteiger partial charge in [0, 0.05) is 0 Å². The Balaban J connectivity index is 0.000000647. The second-order valence-corrected chi connectivity index (χ2v) is 11.8. The van der Waals surface area contributed by atoms with E-state index in [0.717, 1.165) is 13.2 Å². The normalized spacial score (nSPS) is 38.4. The van der Waals surface area contributed by atoms with Crippen molar-refractivity contribution >= 4 is 22.8 Å². The first-order valence-corrected chi connectivity index (χ1v) is 12.5. The van der Waals surface area contributed by atoms with Crippen molar-refractivity contribution in [1.82, 2.24) is 0 Å². The van der Waals surface area contributed by atoms with Gasteiger partial charge in [-0.2, -0.15) is 0 Å². The van der Waals surface area contributed by atoms with E-state index in [2.05, 4.69) is 4.74 Å². The van der Waals surface area contributed by atoms with Crippen LogP contribution in [0.3, 0.4) is 0 Å². The third kappa shape index (κ3) is 7.09. The summed E-state index contributed by atoms with van der Waals surface area (Å²) in [6, 6.07) is 0. The minimum Gasteiger partial charge on any atom is -0.377 e. The molecule has 21 heavy (non-hydrogen) atoms. The molecule has 2 heterocycles. The highest BCUT2D eigenvalue weighted by Gasteiger charge is 2.51. The molecule has 0 spiro atoms. The van der Waals surface area contributed by atoms with E-state index in [0.29, 0.717) is 19.3 Å². The molecule has 2 fully saturated rings. The van der Waals surface area contributed by atoms with Gasteiger partial charge in [0.2, 0.25) is 0 Å². The molecule has 2 aliphatic rings. The molecule has 0 amide bonds. The molecular formula is C11H25O7P3. The molecule has 0 unspecified atom stereocenters. The summed E-state index contributed by atoms with van der Waals surface area (Å²) in [5.74, 6) is 0. The van der Waals surface area contributed by atoms with Crippen LogP contribution in [0.25, 0.3) is 0 Å². The van der Waals surface area contributed by atoms with Gasteiger partial charge in [-0.3, -0.25) is 13.7 Å². The smallest absolute Gasteiger partial charge is 0.345 e. The molecule has 0 aromatic carbocycles. The maximum absolute atomic E-state index is 12.3. The van der Waals surface area contributed by atoms with Crippen molar-refractivity contribution < 1.29 is 31.4 Å². The van der Waals surface area contributed by atoms with Gasteiger partial charge >= 0.3 is 22.8 Å². The molecule has 0 bridgehead atoms. The van der Waals surface area contributed by atoms with Gasteiger partial charge in [0.15, 0.2) is 0 Å². The Hall–Kier alpha value is 0.530. The largest absolute Gasteiger partial charge is 0.377 e. The fourth-order valence-corrected chi connectivity index (χ4v) is 11.0. The minimum absolute atomic E-state index is 0.109. The van der Waals surface area contributed by atoms with Crippen molar-refractivity contribution in [3.05, 3.63) is 0 Å². The van der Waals surface area contributed by atoms with Crippen LogP contribution in [-0.4, -0.2) is 31.7 Å². The molecule has 10 heteroatoms. The van der Waals surface area contributed by atoms with E-state index in [9.17, 15) is 13.7 Å². The van der Waals surface area contributed by atoms with Crippen LogP contribution < -0.4 is 0 Å². The Morgan fingerprint density at radius 3 is 1.05 bits per heavy atom. The monoisotopic (exact) mass is 362 g/mol. The zero-order chi connectivity index (χ0) is 16.0. The fourth-order valence-electron chi connectivity index (χ4n) is 1.68. The molecule has 2 aliphatic heterocycles. The molecule has 0 N–H and O–H groups in total. The van der Waals surface area contributed by atoms with E-state index in [-0.39, 0.29) is 18.5 Å².